The fraction of sp³-hybridized carbons (Fsp3) is 0.647. The van der Waals surface area contributed by atoms with Crippen LogP contribution in [-0.2, 0) is 9.47 Å². The van der Waals surface area contributed by atoms with Crippen LogP contribution in [0, 0.1) is 11.5 Å². The normalized spacial score (nSPS) is 13.7. The van der Waals surface area contributed by atoms with E-state index < -0.39 is 16.1 Å². The van der Waals surface area contributed by atoms with Crippen LogP contribution < -0.4 is 0 Å². The van der Waals surface area contributed by atoms with Gasteiger partial charge in [0.2, 0.25) is 0 Å². The predicted molar refractivity (Wildman–Crippen MR) is 98.7 cm³/mol. The number of hydrogen-bond acceptors (Lipinski definition) is 2. The highest BCUT2D eigenvalue weighted by Crippen LogP contribution is 2.14. The number of ether oxygens (including phenoxy) is 2. The Kier molecular flexibility index (Phi) is 9.15. The minimum atomic E-state index is -1.42. The van der Waals surface area contributed by atoms with Gasteiger partial charge in [0.1, 0.15) is 8.07 Å². The van der Waals surface area contributed by atoms with Crippen molar-refractivity contribution in [2.75, 3.05) is 13.2 Å². The Balaban J connectivity index is 5.12. The van der Waals surface area contributed by atoms with Gasteiger partial charge in [-0.1, -0.05) is 57.4 Å². The molecule has 0 rings (SSSR count). The van der Waals surface area contributed by atoms with Crippen molar-refractivity contribution >= 4 is 16.1 Å². The fourth-order valence-electron chi connectivity index (χ4n) is 1.46. The van der Waals surface area contributed by atoms with Crippen molar-refractivity contribution < 1.29 is 9.47 Å². The summed E-state index contributed by atoms with van der Waals surface area (Å²) in [5.74, 6) is 3.44. The Bertz CT molecular complexity index is 409. The second-order valence-electron chi connectivity index (χ2n) is 6.99. The monoisotopic (exact) mass is 324 g/mol. The maximum absolute atomic E-state index is 5.51. The van der Waals surface area contributed by atoms with Crippen molar-refractivity contribution in [1.82, 2.24) is 0 Å². The highest BCUT2D eigenvalue weighted by molar-refractivity contribution is 6.86. The molecule has 4 heteroatoms. The second-order valence-corrected chi connectivity index (χ2v) is 16.8. The fourth-order valence-corrected chi connectivity index (χ4v) is 3.13. The Hall–Kier alpha value is -0.606. The molecule has 0 radical (unpaired) electrons. The molecule has 0 saturated heterocycles. The minimum Gasteiger partial charge on any atom is -0.349 e. The van der Waals surface area contributed by atoms with Crippen LogP contribution in [0.3, 0.4) is 0 Å². The molecule has 0 heterocycles. The molecule has 0 unspecified atom stereocenters. The Labute approximate surface area is 133 Å². The molecular formula is C17H32O2Si2. The number of hydrogen-bond donors (Lipinski definition) is 0. The maximum atomic E-state index is 5.51. The molecule has 0 aliphatic carbocycles. The molecule has 0 saturated carbocycles. The summed E-state index contributed by atoms with van der Waals surface area (Å²) >= 11 is 0. The minimum absolute atomic E-state index is 0.260. The SMILES string of the molecule is CCOC(/C=C/C=C(\C#C[Si](C)(C)C)[Si](C)(C)C)OCC. The summed E-state index contributed by atoms with van der Waals surface area (Å²) in [6.45, 7) is 19.1. The van der Waals surface area contributed by atoms with Gasteiger partial charge in [0.05, 0.1) is 8.07 Å². The summed E-state index contributed by atoms with van der Waals surface area (Å²) in [5.41, 5.74) is 3.48. The lowest BCUT2D eigenvalue weighted by atomic mass is 10.4. The third kappa shape index (κ3) is 10.7. The van der Waals surface area contributed by atoms with Gasteiger partial charge >= 0.3 is 0 Å². The van der Waals surface area contributed by atoms with Gasteiger partial charge in [-0.25, -0.2) is 0 Å². The maximum Gasteiger partial charge on any atom is 0.177 e. The first kappa shape index (κ1) is 20.4. The molecule has 0 aliphatic rings. The van der Waals surface area contributed by atoms with Crippen LogP contribution in [0.5, 0.6) is 0 Å². The summed E-state index contributed by atoms with van der Waals surface area (Å²) in [5, 5.41) is 1.29. The van der Waals surface area contributed by atoms with E-state index in [4.69, 9.17) is 9.47 Å². The first-order valence-corrected chi connectivity index (χ1v) is 14.8. The first-order chi connectivity index (χ1) is 9.60. The molecule has 0 N–H and O–H groups in total. The van der Waals surface area contributed by atoms with Crippen LogP contribution in [0.2, 0.25) is 39.3 Å². The van der Waals surface area contributed by atoms with Gasteiger partial charge in [-0.3, -0.25) is 0 Å². The quantitative estimate of drug-likeness (QED) is 0.294. The topological polar surface area (TPSA) is 18.5 Å². The summed E-state index contributed by atoms with van der Waals surface area (Å²) in [4.78, 5) is 0. The van der Waals surface area contributed by atoms with Crippen molar-refractivity contribution in [2.45, 2.75) is 59.4 Å². The Morgan fingerprint density at radius 3 is 1.90 bits per heavy atom. The summed E-state index contributed by atoms with van der Waals surface area (Å²) in [6, 6.07) is 0. The summed E-state index contributed by atoms with van der Waals surface area (Å²) in [6.07, 6.45) is 5.88. The van der Waals surface area contributed by atoms with Crippen molar-refractivity contribution in [1.29, 1.82) is 0 Å². The van der Waals surface area contributed by atoms with Gasteiger partial charge in [0, 0.05) is 13.2 Å². The molecule has 0 atom stereocenters. The molecule has 0 aromatic rings. The molecule has 0 bridgehead atoms. The van der Waals surface area contributed by atoms with E-state index in [9.17, 15) is 0 Å². The largest absolute Gasteiger partial charge is 0.349 e. The first-order valence-electron chi connectivity index (χ1n) is 7.75. The van der Waals surface area contributed by atoms with E-state index in [1.54, 1.807) is 0 Å². The van der Waals surface area contributed by atoms with Crippen LogP contribution in [0.4, 0.5) is 0 Å². The molecule has 0 fully saturated rings. The molecule has 120 valence electrons. The van der Waals surface area contributed by atoms with Crippen LogP contribution in [-0.4, -0.2) is 35.7 Å². The molecule has 0 spiro atoms. The summed E-state index contributed by atoms with van der Waals surface area (Å²) < 4.78 is 11.0. The lowest BCUT2D eigenvalue weighted by Crippen LogP contribution is -2.24. The molecule has 2 nitrogen and oxygen atoms in total. The molecule has 0 aromatic heterocycles. The van der Waals surface area contributed by atoms with Gasteiger partial charge in [-0.15, -0.1) is 5.54 Å². The summed E-state index contributed by atoms with van der Waals surface area (Å²) in [7, 11) is -2.76. The van der Waals surface area contributed by atoms with Gasteiger partial charge in [0.25, 0.3) is 0 Å². The van der Waals surface area contributed by atoms with E-state index in [1.807, 2.05) is 26.0 Å². The second kappa shape index (κ2) is 9.42. The molecule has 0 amide bonds. The average Bonchev–Trinajstić information content (AvgIpc) is 2.31. The van der Waals surface area contributed by atoms with E-state index in [1.165, 1.54) is 5.20 Å². The molecule has 0 aromatic carbocycles. The molecular weight excluding hydrogens is 292 g/mol. The Morgan fingerprint density at radius 1 is 1.00 bits per heavy atom. The zero-order valence-electron chi connectivity index (χ0n) is 15.0. The van der Waals surface area contributed by atoms with E-state index in [0.29, 0.717) is 13.2 Å². The predicted octanol–water partition coefficient (Wildman–Crippen LogP) is 4.63. The van der Waals surface area contributed by atoms with Crippen molar-refractivity contribution in [3.63, 3.8) is 0 Å². The third-order valence-electron chi connectivity index (χ3n) is 2.57. The number of rotatable bonds is 7. The third-order valence-corrected chi connectivity index (χ3v) is 5.36. The standard InChI is InChI=1S/C17H32O2Si2/c1-9-18-17(19-10-2)13-11-12-16(21(6,7)8)14-15-20(3,4)5/h11-13,17H,9-10H2,1-8H3/b13-11+,16-12+. The average molecular weight is 325 g/mol. The van der Waals surface area contributed by atoms with E-state index in [0.717, 1.165) is 0 Å². The van der Waals surface area contributed by atoms with Crippen LogP contribution in [0.1, 0.15) is 13.8 Å². The highest BCUT2D eigenvalue weighted by Gasteiger charge is 2.18. The van der Waals surface area contributed by atoms with Gasteiger partial charge < -0.3 is 9.47 Å². The zero-order chi connectivity index (χ0) is 16.5. The van der Waals surface area contributed by atoms with Crippen molar-refractivity contribution in [3.05, 3.63) is 23.4 Å². The highest BCUT2D eigenvalue weighted by atomic mass is 28.3. The van der Waals surface area contributed by atoms with E-state index >= 15 is 0 Å². The van der Waals surface area contributed by atoms with Gasteiger partial charge in [0.15, 0.2) is 6.29 Å². The van der Waals surface area contributed by atoms with Crippen LogP contribution in [0.25, 0.3) is 0 Å². The van der Waals surface area contributed by atoms with E-state index in [2.05, 4.69) is 56.8 Å². The smallest absolute Gasteiger partial charge is 0.177 e. The lowest BCUT2D eigenvalue weighted by molar-refractivity contribution is -0.103. The lowest BCUT2D eigenvalue weighted by Gasteiger charge is -2.16. The zero-order valence-corrected chi connectivity index (χ0v) is 17.0. The Morgan fingerprint density at radius 2 is 1.52 bits per heavy atom. The molecule has 21 heavy (non-hydrogen) atoms. The van der Waals surface area contributed by atoms with Gasteiger partial charge in [-0.05, 0) is 25.1 Å². The van der Waals surface area contributed by atoms with Crippen molar-refractivity contribution in [2.24, 2.45) is 0 Å². The van der Waals surface area contributed by atoms with Crippen LogP contribution in [0.15, 0.2) is 23.4 Å². The van der Waals surface area contributed by atoms with Crippen LogP contribution >= 0.6 is 0 Å². The van der Waals surface area contributed by atoms with E-state index in [-0.39, 0.29) is 6.29 Å². The van der Waals surface area contributed by atoms with Gasteiger partial charge in [-0.2, -0.15) is 0 Å². The van der Waals surface area contributed by atoms with Crippen molar-refractivity contribution in [3.8, 4) is 11.5 Å². The molecule has 0 aliphatic heterocycles. The number of allylic oxidation sites excluding steroid dienone is 3.